The minimum absolute atomic E-state index is 0.172. The molecule has 2 aromatic carbocycles. The Kier molecular flexibility index (Phi) is 7.02. The van der Waals surface area contributed by atoms with Gasteiger partial charge >= 0.3 is 0 Å². The number of anilines is 1. The third-order valence-electron chi connectivity index (χ3n) is 3.12. The van der Waals surface area contributed by atoms with Crippen molar-refractivity contribution in [3.05, 3.63) is 59.1 Å². The van der Waals surface area contributed by atoms with Crippen LogP contribution in [0.15, 0.2) is 53.4 Å². The van der Waals surface area contributed by atoms with Gasteiger partial charge in [0.05, 0.1) is 6.54 Å². The second-order valence-corrected chi connectivity index (χ2v) is 6.75. The Morgan fingerprint density at radius 3 is 2.58 bits per heavy atom. The number of thioether (sulfide) groups is 1. The van der Waals surface area contributed by atoms with E-state index in [1.165, 1.54) is 0 Å². The highest BCUT2D eigenvalue weighted by Gasteiger charge is 2.09. The van der Waals surface area contributed by atoms with Crippen LogP contribution >= 0.6 is 23.4 Å². The monoisotopic (exact) mass is 370 g/mol. The lowest BCUT2D eigenvalue weighted by Crippen LogP contribution is -2.29. The first kappa shape index (κ1) is 18.7. The molecule has 0 aromatic heterocycles. The molecule has 0 fully saturated rings. The van der Waals surface area contributed by atoms with Crippen LogP contribution in [-0.4, -0.2) is 30.2 Å². The molecule has 0 radical (unpaired) electrons. The number of likely N-dealkylation sites (N-methyl/N-ethyl adjacent to an activating group) is 1. The predicted molar refractivity (Wildman–Crippen MR) is 94.7 cm³/mol. The largest absolute Gasteiger partial charge is 0.325 e. The number of amides is 1. The van der Waals surface area contributed by atoms with Crippen molar-refractivity contribution in [3.8, 4) is 0 Å². The van der Waals surface area contributed by atoms with Gasteiger partial charge in [0, 0.05) is 22.2 Å². The molecule has 0 saturated carbocycles. The molecule has 0 unspecified atom stereocenters. The minimum Gasteiger partial charge on any atom is -0.325 e. The number of hydrogen-bond acceptors (Lipinski definition) is 3. The van der Waals surface area contributed by atoms with Gasteiger partial charge in [0.2, 0.25) is 5.91 Å². The average Bonchev–Trinajstić information content (AvgIpc) is 2.48. The first-order valence-electron chi connectivity index (χ1n) is 7.20. The van der Waals surface area contributed by atoms with Gasteiger partial charge in [0.15, 0.2) is 0 Å². The van der Waals surface area contributed by atoms with Gasteiger partial charge < -0.3 is 5.32 Å². The Morgan fingerprint density at radius 1 is 1.25 bits per heavy atom. The summed E-state index contributed by atoms with van der Waals surface area (Å²) in [6, 6.07) is 13.8. The zero-order valence-corrected chi connectivity index (χ0v) is 14.6. The highest BCUT2D eigenvalue weighted by molar-refractivity contribution is 7.99. The van der Waals surface area contributed by atoms with Crippen molar-refractivity contribution in [2.45, 2.75) is 17.2 Å². The molecule has 0 aliphatic carbocycles. The number of hydrogen-bond donors (Lipinski definition) is 1. The van der Waals surface area contributed by atoms with Crippen LogP contribution in [0.4, 0.5) is 14.5 Å². The summed E-state index contributed by atoms with van der Waals surface area (Å²) in [6.45, 7) is 0.804. The molecule has 0 spiro atoms. The average molecular weight is 371 g/mol. The van der Waals surface area contributed by atoms with Crippen molar-refractivity contribution >= 4 is 35.0 Å². The van der Waals surface area contributed by atoms with Crippen LogP contribution in [0.5, 0.6) is 0 Å². The molecule has 0 heterocycles. The molecule has 7 heteroatoms. The number of carbonyl (C=O) groups excluding carboxylic acids is 1. The summed E-state index contributed by atoms with van der Waals surface area (Å²) >= 11 is 6.41. The van der Waals surface area contributed by atoms with Gasteiger partial charge in [-0.25, -0.2) is 0 Å². The molecule has 128 valence electrons. The molecule has 0 aliphatic rings. The van der Waals surface area contributed by atoms with Gasteiger partial charge in [-0.2, -0.15) is 8.78 Å². The summed E-state index contributed by atoms with van der Waals surface area (Å²) in [5.74, 6) is -2.63. The van der Waals surface area contributed by atoms with Crippen LogP contribution in [0.2, 0.25) is 5.02 Å². The molecule has 24 heavy (non-hydrogen) atoms. The summed E-state index contributed by atoms with van der Waals surface area (Å²) in [7, 11) is 1.84. The smallest absolute Gasteiger partial charge is 0.288 e. The second kappa shape index (κ2) is 9.01. The lowest BCUT2D eigenvalue weighted by atomic mass is 10.2. The van der Waals surface area contributed by atoms with E-state index in [0.29, 0.717) is 33.9 Å². The Hall–Kier alpha value is -1.63. The van der Waals surface area contributed by atoms with Crippen LogP contribution in [0, 0.1) is 0 Å². The van der Waals surface area contributed by atoms with Gasteiger partial charge in [0.25, 0.3) is 5.76 Å². The van der Waals surface area contributed by atoms with E-state index >= 15 is 0 Å². The number of nitrogens with zero attached hydrogens (tertiary/aromatic N) is 1. The normalized spacial score (nSPS) is 11.1. The first-order chi connectivity index (χ1) is 11.4. The number of nitrogens with one attached hydrogen (secondary N) is 1. The van der Waals surface area contributed by atoms with Crippen molar-refractivity contribution in [2.75, 3.05) is 18.9 Å². The van der Waals surface area contributed by atoms with Crippen molar-refractivity contribution in [1.29, 1.82) is 0 Å². The molecular weight excluding hydrogens is 354 g/mol. The van der Waals surface area contributed by atoms with Crippen LogP contribution < -0.4 is 5.32 Å². The predicted octanol–water partition coefficient (Wildman–Crippen LogP) is 4.73. The molecule has 2 aromatic rings. The van der Waals surface area contributed by atoms with Crippen molar-refractivity contribution in [3.63, 3.8) is 0 Å². The van der Waals surface area contributed by atoms with E-state index in [1.54, 1.807) is 30.3 Å². The minimum atomic E-state index is -2.45. The standard InChI is InChI=1S/C17H17ClF2N2OS/c1-22(10-12-3-2-4-13(18)9-12)11-16(23)21-14-5-7-15(8-6-14)24-17(19)20/h2-9,17H,10-11H2,1H3,(H,21,23). The van der Waals surface area contributed by atoms with Crippen LogP contribution in [0.1, 0.15) is 5.56 Å². The summed E-state index contributed by atoms with van der Waals surface area (Å²) < 4.78 is 24.5. The van der Waals surface area contributed by atoms with E-state index in [4.69, 9.17) is 11.6 Å². The molecule has 0 aliphatic heterocycles. The van der Waals surface area contributed by atoms with E-state index < -0.39 is 5.76 Å². The zero-order valence-electron chi connectivity index (χ0n) is 13.0. The molecule has 3 nitrogen and oxygen atoms in total. The second-order valence-electron chi connectivity index (χ2n) is 5.25. The maximum Gasteiger partial charge on any atom is 0.288 e. The van der Waals surface area contributed by atoms with Crippen LogP contribution in [0.3, 0.4) is 0 Å². The summed E-state index contributed by atoms with van der Waals surface area (Å²) in [5, 5.41) is 3.41. The molecule has 2 rings (SSSR count). The summed E-state index contributed by atoms with van der Waals surface area (Å²) in [5.41, 5.74) is 1.60. The zero-order chi connectivity index (χ0) is 17.5. The highest BCUT2D eigenvalue weighted by Crippen LogP contribution is 2.26. The molecule has 1 N–H and O–H groups in total. The Bertz CT molecular complexity index is 683. The maximum atomic E-state index is 12.3. The number of rotatable bonds is 7. The van der Waals surface area contributed by atoms with Crippen molar-refractivity contribution in [2.24, 2.45) is 0 Å². The number of halogens is 3. The highest BCUT2D eigenvalue weighted by atomic mass is 35.5. The van der Waals surface area contributed by atoms with Gasteiger partial charge in [-0.1, -0.05) is 35.5 Å². The third kappa shape index (κ3) is 6.47. The molecule has 0 atom stereocenters. The van der Waals surface area contributed by atoms with E-state index in [1.807, 2.05) is 30.1 Å². The van der Waals surface area contributed by atoms with E-state index in [2.05, 4.69) is 5.32 Å². The van der Waals surface area contributed by atoms with Crippen LogP contribution in [-0.2, 0) is 11.3 Å². The van der Waals surface area contributed by atoms with E-state index in [9.17, 15) is 13.6 Å². The van der Waals surface area contributed by atoms with Gasteiger partial charge in [-0.15, -0.1) is 0 Å². The Morgan fingerprint density at radius 2 is 1.96 bits per heavy atom. The van der Waals surface area contributed by atoms with Crippen molar-refractivity contribution in [1.82, 2.24) is 4.90 Å². The fraction of sp³-hybridized carbons (Fsp3) is 0.235. The molecule has 0 saturated heterocycles. The number of alkyl halides is 2. The lowest BCUT2D eigenvalue weighted by Gasteiger charge is -2.16. The van der Waals surface area contributed by atoms with Crippen LogP contribution in [0.25, 0.3) is 0 Å². The van der Waals surface area contributed by atoms with Crippen molar-refractivity contribution < 1.29 is 13.6 Å². The molecule has 0 bridgehead atoms. The Balaban J connectivity index is 1.83. The molecule has 1 amide bonds. The van der Waals surface area contributed by atoms with Gasteiger partial charge in [-0.3, -0.25) is 9.69 Å². The fourth-order valence-corrected chi connectivity index (χ4v) is 2.88. The van der Waals surface area contributed by atoms with Gasteiger partial charge in [0.1, 0.15) is 0 Å². The topological polar surface area (TPSA) is 32.3 Å². The summed E-state index contributed by atoms with van der Waals surface area (Å²) in [6.07, 6.45) is 0. The van der Waals surface area contributed by atoms with E-state index in [-0.39, 0.29) is 12.5 Å². The first-order valence-corrected chi connectivity index (χ1v) is 8.46. The summed E-state index contributed by atoms with van der Waals surface area (Å²) in [4.78, 5) is 14.4. The van der Waals surface area contributed by atoms with E-state index in [0.717, 1.165) is 5.56 Å². The SMILES string of the molecule is CN(CC(=O)Nc1ccc(SC(F)F)cc1)Cc1cccc(Cl)c1. The lowest BCUT2D eigenvalue weighted by molar-refractivity contribution is -0.117. The van der Waals surface area contributed by atoms with Gasteiger partial charge in [-0.05, 0) is 49.0 Å². The number of carbonyl (C=O) groups is 1. The quantitative estimate of drug-likeness (QED) is 0.715. The number of benzene rings is 2. The fourth-order valence-electron chi connectivity index (χ4n) is 2.17. The maximum absolute atomic E-state index is 12.3. The third-order valence-corrected chi connectivity index (χ3v) is 4.08. The Labute approximate surface area is 149 Å². The molecular formula is C17H17ClF2N2OS.